The molecule has 0 radical (unpaired) electrons. The molecule has 1 fully saturated rings. The highest BCUT2D eigenvalue weighted by Gasteiger charge is 2.23. The maximum Gasteiger partial charge on any atom is 0.254 e. The fraction of sp³-hybridized carbons (Fsp3) is 0.417. The van der Waals surface area contributed by atoms with Crippen molar-refractivity contribution in [3.05, 3.63) is 34.3 Å². The minimum Gasteiger partial charge on any atom is -0.333 e. The first kappa shape index (κ1) is 11.6. The summed E-state index contributed by atoms with van der Waals surface area (Å²) in [6.07, 6.45) is 0. The van der Waals surface area contributed by atoms with E-state index >= 15 is 0 Å². The summed E-state index contributed by atoms with van der Waals surface area (Å²) < 4.78 is 0.945. The Kier molecular flexibility index (Phi) is 3.61. The molecule has 86 valence electrons. The van der Waals surface area contributed by atoms with Crippen molar-refractivity contribution in [1.82, 2.24) is 10.2 Å². The Labute approximate surface area is 104 Å². The van der Waals surface area contributed by atoms with Crippen LogP contribution in [0.25, 0.3) is 0 Å². The molecule has 1 atom stereocenters. The van der Waals surface area contributed by atoms with Gasteiger partial charge in [0, 0.05) is 35.7 Å². The SMILES string of the molecule is C[C@H]1CNCCN1C(=O)c1cccc(Br)c1. The van der Waals surface area contributed by atoms with Crippen LogP contribution in [0, 0.1) is 0 Å². The molecule has 1 aliphatic rings. The highest BCUT2D eigenvalue weighted by molar-refractivity contribution is 9.10. The third-order valence-electron chi connectivity index (χ3n) is 2.83. The molecule has 0 aromatic heterocycles. The number of rotatable bonds is 1. The minimum absolute atomic E-state index is 0.121. The number of carbonyl (C=O) groups excluding carboxylic acids is 1. The molecule has 0 unspecified atom stereocenters. The molecule has 16 heavy (non-hydrogen) atoms. The number of nitrogens with zero attached hydrogens (tertiary/aromatic N) is 1. The first-order valence-electron chi connectivity index (χ1n) is 5.46. The van der Waals surface area contributed by atoms with Crippen molar-refractivity contribution in [1.29, 1.82) is 0 Å². The molecule has 4 heteroatoms. The first-order chi connectivity index (χ1) is 7.68. The van der Waals surface area contributed by atoms with Crippen LogP contribution in [0.5, 0.6) is 0 Å². The molecule has 0 aliphatic carbocycles. The first-order valence-corrected chi connectivity index (χ1v) is 6.25. The van der Waals surface area contributed by atoms with E-state index in [1.165, 1.54) is 0 Å². The number of benzene rings is 1. The summed E-state index contributed by atoms with van der Waals surface area (Å²) in [6, 6.07) is 7.82. The van der Waals surface area contributed by atoms with Crippen molar-refractivity contribution in [3.63, 3.8) is 0 Å². The quantitative estimate of drug-likeness (QED) is 0.853. The van der Waals surface area contributed by atoms with Gasteiger partial charge in [0.2, 0.25) is 0 Å². The van der Waals surface area contributed by atoms with Crippen LogP contribution in [0.2, 0.25) is 0 Å². The maximum atomic E-state index is 12.2. The number of amides is 1. The van der Waals surface area contributed by atoms with Crippen LogP contribution in [-0.2, 0) is 0 Å². The zero-order valence-corrected chi connectivity index (χ0v) is 10.8. The predicted octanol–water partition coefficient (Wildman–Crippen LogP) is 1.88. The Morgan fingerprint density at radius 1 is 1.56 bits per heavy atom. The zero-order valence-electron chi connectivity index (χ0n) is 9.24. The van der Waals surface area contributed by atoms with Crippen molar-refractivity contribution in [2.24, 2.45) is 0 Å². The van der Waals surface area contributed by atoms with Crippen LogP contribution in [0.15, 0.2) is 28.7 Å². The van der Waals surface area contributed by atoms with Gasteiger partial charge in [-0.3, -0.25) is 4.79 Å². The standard InChI is InChI=1S/C12H15BrN2O/c1-9-8-14-5-6-15(9)12(16)10-3-2-4-11(13)7-10/h2-4,7,9,14H,5-6,8H2,1H3/t9-/m0/s1. The lowest BCUT2D eigenvalue weighted by molar-refractivity contribution is 0.0655. The highest BCUT2D eigenvalue weighted by atomic mass is 79.9. The summed E-state index contributed by atoms with van der Waals surface area (Å²) in [4.78, 5) is 14.2. The Morgan fingerprint density at radius 2 is 2.38 bits per heavy atom. The second-order valence-corrected chi connectivity index (χ2v) is 4.98. The van der Waals surface area contributed by atoms with Gasteiger partial charge < -0.3 is 10.2 Å². The lowest BCUT2D eigenvalue weighted by atomic mass is 10.1. The smallest absolute Gasteiger partial charge is 0.254 e. The number of carbonyl (C=O) groups is 1. The molecular formula is C12H15BrN2O. The Hall–Kier alpha value is -0.870. The number of hydrogen-bond acceptors (Lipinski definition) is 2. The van der Waals surface area contributed by atoms with Crippen molar-refractivity contribution in [2.45, 2.75) is 13.0 Å². The van der Waals surface area contributed by atoms with E-state index in [2.05, 4.69) is 28.2 Å². The Morgan fingerprint density at radius 3 is 3.06 bits per heavy atom. The van der Waals surface area contributed by atoms with Crippen LogP contribution >= 0.6 is 15.9 Å². The monoisotopic (exact) mass is 282 g/mol. The van der Waals surface area contributed by atoms with Crippen molar-refractivity contribution < 1.29 is 4.79 Å². The summed E-state index contributed by atoms with van der Waals surface area (Å²) in [7, 11) is 0. The molecule has 0 saturated carbocycles. The lowest BCUT2D eigenvalue weighted by Gasteiger charge is -2.34. The normalized spacial score (nSPS) is 20.9. The van der Waals surface area contributed by atoms with Crippen LogP contribution in [0.1, 0.15) is 17.3 Å². The van der Waals surface area contributed by atoms with E-state index in [4.69, 9.17) is 0 Å². The summed E-state index contributed by atoms with van der Waals surface area (Å²) in [5.41, 5.74) is 0.753. The topological polar surface area (TPSA) is 32.3 Å². The Bertz CT molecular complexity index is 394. The van der Waals surface area contributed by atoms with Crippen LogP contribution in [0.3, 0.4) is 0 Å². The molecule has 1 N–H and O–H groups in total. The van der Waals surface area contributed by atoms with E-state index in [0.29, 0.717) is 0 Å². The van der Waals surface area contributed by atoms with Gasteiger partial charge in [0.25, 0.3) is 5.91 Å². The summed E-state index contributed by atoms with van der Waals surface area (Å²) in [6.45, 7) is 4.61. The number of piperazine rings is 1. The lowest BCUT2D eigenvalue weighted by Crippen LogP contribution is -2.52. The zero-order chi connectivity index (χ0) is 11.5. The summed E-state index contributed by atoms with van der Waals surface area (Å²) in [5.74, 6) is 0.121. The molecular weight excluding hydrogens is 268 g/mol. The number of nitrogens with one attached hydrogen (secondary N) is 1. The van der Waals surface area contributed by atoms with Crippen molar-refractivity contribution >= 4 is 21.8 Å². The molecule has 1 heterocycles. The largest absolute Gasteiger partial charge is 0.333 e. The van der Waals surface area contributed by atoms with Crippen molar-refractivity contribution in [2.75, 3.05) is 19.6 Å². The van der Waals surface area contributed by atoms with Crippen molar-refractivity contribution in [3.8, 4) is 0 Å². The van der Waals surface area contributed by atoms with Gasteiger partial charge in [-0.15, -0.1) is 0 Å². The van der Waals surface area contributed by atoms with Gasteiger partial charge in [0.05, 0.1) is 0 Å². The van der Waals surface area contributed by atoms with Gasteiger partial charge in [-0.1, -0.05) is 22.0 Å². The number of halogens is 1. The minimum atomic E-state index is 0.121. The van der Waals surface area contributed by atoms with Crippen LogP contribution < -0.4 is 5.32 Å². The third-order valence-corrected chi connectivity index (χ3v) is 3.33. The van der Waals surface area contributed by atoms with E-state index in [1.807, 2.05) is 29.2 Å². The molecule has 1 aromatic carbocycles. The van der Waals surface area contributed by atoms with Gasteiger partial charge in [-0.05, 0) is 25.1 Å². The highest BCUT2D eigenvalue weighted by Crippen LogP contribution is 2.15. The van der Waals surface area contributed by atoms with E-state index < -0.39 is 0 Å². The maximum absolute atomic E-state index is 12.2. The molecule has 2 rings (SSSR count). The second kappa shape index (κ2) is 4.97. The molecule has 1 aromatic rings. The third kappa shape index (κ3) is 2.44. The van der Waals surface area contributed by atoms with Crippen LogP contribution in [0.4, 0.5) is 0 Å². The summed E-state index contributed by atoms with van der Waals surface area (Å²) >= 11 is 3.39. The molecule has 1 aliphatic heterocycles. The summed E-state index contributed by atoms with van der Waals surface area (Å²) in [5, 5.41) is 3.28. The number of hydrogen-bond donors (Lipinski definition) is 1. The van der Waals surface area contributed by atoms with Gasteiger partial charge in [-0.25, -0.2) is 0 Å². The average molecular weight is 283 g/mol. The van der Waals surface area contributed by atoms with E-state index in [9.17, 15) is 4.79 Å². The molecule has 1 amide bonds. The molecule has 0 bridgehead atoms. The van der Waals surface area contributed by atoms with Gasteiger partial charge in [0.1, 0.15) is 0 Å². The fourth-order valence-corrected chi connectivity index (χ4v) is 2.33. The fourth-order valence-electron chi connectivity index (χ4n) is 1.93. The van der Waals surface area contributed by atoms with Gasteiger partial charge in [0.15, 0.2) is 0 Å². The molecule has 3 nitrogen and oxygen atoms in total. The van der Waals surface area contributed by atoms with Gasteiger partial charge in [-0.2, -0.15) is 0 Å². The molecule has 0 spiro atoms. The van der Waals surface area contributed by atoms with E-state index in [1.54, 1.807) is 0 Å². The van der Waals surface area contributed by atoms with E-state index in [-0.39, 0.29) is 11.9 Å². The van der Waals surface area contributed by atoms with E-state index in [0.717, 1.165) is 29.7 Å². The Balaban J connectivity index is 2.17. The van der Waals surface area contributed by atoms with Crippen LogP contribution in [-0.4, -0.2) is 36.5 Å². The molecule has 1 saturated heterocycles. The predicted molar refractivity (Wildman–Crippen MR) is 67.5 cm³/mol. The van der Waals surface area contributed by atoms with Gasteiger partial charge >= 0.3 is 0 Å². The average Bonchev–Trinajstić information content (AvgIpc) is 2.29. The second-order valence-electron chi connectivity index (χ2n) is 4.06.